The molecule has 0 aromatic heterocycles. The van der Waals surface area contributed by atoms with E-state index in [9.17, 15) is 0 Å². The molecule has 0 nitrogen and oxygen atoms in total. The molecule has 0 N–H and O–H groups in total. The van der Waals surface area contributed by atoms with Crippen LogP contribution in [0.3, 0.4) is 0 Å². The van der Waals surface area contributed by atoms with E-state index in [-0.39, 0.29) is 25.8 Å². The van der Waals surface area contributed by atoms with E-state index in [1.54, 1.807) is 0 Å². The monoisotopic (exact) mass is 397 g/mol. The molecule has 16 heavy (non-hydrogen) atoms. The molecule has 0 unspecified atom stereocenters. The molecule has 2 aromatic carbocycles. The van der Waals surface area contributed by atoms with E-state index in [0.29, 0.717) is 0 Å². The van der Waals surface area contributed by atoms with Crippen LogP contribution in [0, 0.1) is 6.55 Å². The smallest absolute Gasteiger partial charge is 0.342 e. The topological polar surface area (TPSA) is 0 Å². The average Bonchev–Trinajstić information content (AvgIpc) is 2.81. The summed E-state index contributed by atoms with van der Waals surface area (Å²) in [7, 11) is -0.861. The summed E-state index contributed by atoms with van der Waals surface area (Å²) in [6.45, 7) is 10.6. The van der Waals surface area contributed by atoms with Crippen LogP contribution in [0.4, 0.5) is 0 Å². The molecular weight excluding hydrogens is 375 g/mol. The molecule has 0 amide bonds. The van der Waals surface area contributed by atoms with Crippen molar-refractivity contribution in [1.29, 1.82) is 0 Å². The maximum Gasteiger partial charge on any atom is 4.00 e. The molecule has 0 heterocycles. The van der Waals surface area contributed by atoms with E-state index in [2.05, 4.69) is 26.2 Å². The Kier molecular flexibility index (Phi) is 12.8. The van der Waals surface area contributed by atoms with E-state index in [1.165, 1.54) is 0 Å². The molecule has 0 bridgehead atoms. The predicted molar refractivity (Wildman–Crippen MR) is 72.8 cm³/mol. The first-order chi connectivity index (χ1) is 7.00. The van der Waals surface area contributed by atoms with Crippen LogP contribution in [0.2, 0.25) is 19.6 Å². The van der Waals surface area contributed by atoms with Crippen molar-refractivity contribution in [1.82, 2.24) is 0 Å². The van der Waals surface area contributed by atoms with Gasteiger partial charge in [0.25, 0.3) is 0 Å². The van der Waals surface area contributed by atoms with Gasteiger partial charge in [-0.05, 0) is 0 Å². The molecule has 0 radical (unpaired) electrons. The predicted octanol–water partition coefficient (Wildman–Crippen LogP) is 4.51. The Bertz CT molecular complexity index is 210. The quantitative estimate of drug-likeness (QED) is 0.455. The summed E-state index contributed by atoms with van der Waals surface area (Å²) in [6.07, 6.45) is 0. The average molecular weight is 396 g/mol. The van der Waals surface area contributed by atoms with Crippen molar-refractivity contribution in [2.24, 2.45) is 0 Å². The molecule has 0 atom stereocenters. The van der Waals surface area contributed by atoms with Gasteiger partial charge in [0.2, 0.25) is 0 Å². The van der Waals surface area contributed by atoms with Gasteiger partial charge in [-0.2, -0.15) is 36.4 Å². The maximum absolute atomic E-state index is 3.91. The van der Waals surface area contributed by atoms with Gasteiger partial charge in [-0.25, -0.2) is 24.3 Å². The largest absolute Gasteiger partial charge is 4.00 e. The van der Waals surface area contributed by atoms with Gasteiger partial charge in [-0.3, -0.25) is 0 Å². The number of hydrogen-bond acceptors (Lipinski definition) is 0. The van der Waals surface area contributed by atoms with Gasteiger partial charge in [0.15, 0.2) is 0 Å². The van der Waals surface area contributed by atoms with Gasteiger partial charge < -0.3 is 6.55 Å². The molecular formula is C14H21HfSi+. The first kappa shape index (κ1) is 18.2. The molecule has 0 aliphatic rings. The fourth-order valence-corrected chi connectivity index (χ4v) is 0.642. The van der Waals surface area contributed by atoms with Gasteiger partial charge in [0.1, 0.15) is 0 Å². The molecule has 0 spiro atoms. The van der Waals surface area contributed by atoms with Gasteiger partial charge in [0.05, 0.1) is 0 Å². The summed E-state index contributed by atoms with van der Waals surface area (Å²) in [5.41, 5.74) is 0. The number of rotatable bonds is 0. The van der Waals surface area contributed by atoms with Gasteiger partial charge in [-0.15, -0.1) is 8.07 Å². The third-order valence-corrected chi connectivity index (χ3v) is 1.11. The van der Waals surface area contributed by atoms with Crippen molar-refractivity contribution < 1.29 is 25.8 Å². The van der Waals surface area contributed by atoms with Crippen LogP contribution in [0.1, 0.15) is 0 Å². The van der Waals surface area contributed by atoms with Crippen LogP contribution < -0.4 is 0 Å². The Balaban J connectivity index is 0. The standard InChI is InChI=1S/2C5H5.C4H11Si.Hf/c2*1-2-4-5-3-1;1-5(2,3)4;/h2*1-5H;1H2,2-4H3;/q3*-1;+4. The molecule has 2 rings (SSSR count). The Morgan fingerprint density at radius 2 is 0.938 bits per heavy atom. The Morgan fingerprint density at radius 3 is 1.00 bits per heavy atom. The number of hydrogen-bond donors (Lipinski definition) is 0. The van der Waals surface area contributed by atoms with Gasteiger partial charge in [0, 0.05) is 0 Å². The summed E-state index contributed by atoms with van der Waals surface area (Å²) < 4.78 is 0. The summed E-state index contributed by atoms with van der Waals surface area (Å²) in [5, 5.41) is 0. The summed E-state index contributed by atoms with van der Waals surface area (Å²) in [6, 6.07) is 20.0. The SMILES string of the molecule is [CH2-][Si](C)(C)C.[Hf+4].c1cc[cH-]c1.c1cc[cH-]c1. The molecule has 0 saturated carbocycles. The third kappa shape index (κ3) is 23.5. The molecule has 0 fully saturated rings. The molecule has 0 aliphatic heterocycles. The minimum Gasteiger partial charge on any atom is -0.342 e. The van der Waals surface area contributed by atoms with E-state index in [0.717, 1.165) is 0 Å². The molecule has 84 valence electrons. The molecule has 2 heteroatoms. The minimum absolute atomic E-state index is 0. The van der Waals surface area contributed by atoms with Crippen molar-refractivity contribution in [2.45, 2.75) is 19.6 Å². The first-order valence-electron chi connectivity index (χ1n) is 5.19. The Morgan fingerprint density at radius 1 is 0.750 bits per heavy atom. The molecule has 2 aromatic rings. The maximum atomic E-state index is 3.91. The second-order valence-electron chi connectivity index (χ2n) is 4.49. The van der Waals surface area contributed by atoms with Crippen LogP contribution in [0.5, 0.6) is 0 Å². The second kappa shape index (κ2) is 11.3. The van der Waals surface area contributed by atoms with Crippen LogP contribution in [-0.4, -0.2) is 8.07 Å². The Hall–Kier alpha value is -0.213. The first-order valence-corrected chi connectivity index (χ1v) is 8.89. The van der Waals surface area contributed by atoms with E-state index >= 15 is 0 Å². The Labute approximate surface area is 120 Å². The zero-order valence-electron chi connectivity index (χ0n) is 10.5. The van der Waals surface area contributed by atoms with E-state index in [1.807, 2.05) is 60.7 Å². The van der Waals surface area contributed by atoms with Crippen molar-refractivity contribution in [3.63, 3.8) is 0 Å². The third-order valence-electron chi connectivity index (χ3n) is 1.11. The minimum atomic E-state index is -0.861. The summed E-state index contributed by atoms with van der Waals surface area (Å²) in [5.74, 6) is 0. The molecule has 0 aliphatic carbocycles. The second-order valence-corrected chi connectivity index (χ2v) is 9.61. The zero-order chi connectivity index (χ0) is 11.6. The van der Waals surface area contributed by atoms with Crippen LogP contribution in [-0.2, 0) is 25.8 Å². The van der Waals surface area contributed by atoms with E-state index in [4.69, 9.17) is 0 Å². The van der Waals surface area contributed by atoms with Crippen LogP contribution >= 0.6 is 0 Å². The zero-order valence-corrected chi connectivity index (χ0v) is 15.1. The normalized spacial score (nSPS) is 8.75. The summed E-state index contributed by atoms with van der Waals surface area (Å²) in [4.78, 5) is 0. The van der Waals surface area contributed by atoms with Gasteiger partial charge in [-0.1, -0.05) is 19.6 Å². The van der Waals surface area contributed by atoms with E-state index < -0.39 is 8.07 Å². The summed E-state index contributed by atoms with van der Waals surface area (Å²) >= 11 is 0. The fourth-order valence-electron chi connectivity index (χ4n) is 0.642. The van der Waals surface area contributed by atoms with Crippen molar-refractivity contribution in [3.05, 3.63) is 67.2 Å². The fraction of sp³-hybridized carbons (Fsp3) is 0.214. The van der Waals surface area contributed by atoms with Crippen LogP contribution in [0.15, 0.2) is 60.7 Å². The van der Waals surface area contributed by atoms with Crippen molar-refractivity contribution in [3.8, 4) is 0 Å². The van der Waals surface area contributed by atoms with Crippen molar-refractivity contribution >= 4 is 8.07 Å². The molecule has 0 saturated heterocycles. The van der Waals surface area contributed by atoms with Gasteiger partial charge >= 0.3 is 25.8 Å². The van der Waals surface area contributed by atoms with Crippen LogP contribution in [0.25, 0.3) is 0 Å². The van der Waals surface area contributed by atoms with Crippen molar-refractivity contribution in [2.75, 3.05) is 0 Å².